The minimum atomic E-state index is -0.254. The zero-order chi connectivity index (χ0) is 13.5. The molecule has 0 saturated heterocycles. The van der Waals surface area contributed by atoms with E-state index >= 15 is 0 Å². The van der Waals surface area contributed by atoms with Gasteiger partial charge in [-0.3, -0.25) is 0 Å². The highest BCUT2D eigenvalue weighted by Crippen LogP contribution is 2.09. The molecule has 0 fully saturated rings. The molecule has 1 aromatic heterocycles. The molecule has 2 N–H and O–H groups in total. The van der Waals surface area contributed by atoms with Gasteiger partial charge in [-0.1, -0.05) is 19.0 Å². The third-order valence-electron chi connectivity index (χ3n) is 2.43. The standard InChI is InChI=1S/C11H20N4O3/c1-4-15(5-6-16)11(17)12-7-9-13-10(8(2)3)14-18-9/h8,16H,4-7H2,1-3H3,(H,12,17). The summed E-state index contributed by atoms with van der Waals surface area (Å²) in [6, 6.07) is -0.254. The zero-order valence-electron chi connectivity index (χ0n) is 11.0. The molecule has 0 unspecified atom stereocenters. The summed E-state index contributed by atoms with van der Waals surface area (Å²) in [7, 11) is 0. The van der Waals surface area contributed by atoms with Crippen LogP contribution in [0.4, 0.5) is 4.79 Å². The van der Waals surface area contributed by atoms with E-state index in [0.29, 0.717) is 24.8 Å². The molecule has 1 heterocycles. The van der Waals surface area contributed by atoms with E-state index in [1.54, 1.807) is 0 Å². The van der Waals surface area contributed by atoms with Crippen LogP contribution in [0.5, 0.6) is 0 Å². The van der Waals surface area contributed by atoms with Crippen LogP contribution < -0.4 is 5.32 Å². The molecule has 0 aliphatic heterocycles. The van der Waals surface area contributed by atoms with Crippen molar-refractivity contribution in [1.82, 2.24) is 20.4 Å². The molecule has 0 radical (unpaired) electrons. The van der Waals surface area contributed by atoms with Crippen LogP contribution in [-0.2, 0) is 6.54 Å². The number of amides is 2. The van der Waals surface area contributed by atoms with Gasteiger partial charge in [-0.05, 0) is 6.92 Å². The largest absolute Gasteiger partial charge is 0.395 e. The highest BCUT2D eigenvalue weighted by Gasteiger charge is 2.13. The second-order valence-electron chi connectivity index (χ2n) is 4.16. The third-order valence-corrected chi connectivity index (χ3v) is 2.43. The van der Waals surface area contributed by atoms with Crippen molar-refractivity contribution in [3.63, 3.8) is 0 Å². The second kappa shape index (κ2) is 6.95. The summed E-state index contributed by atoms with van der Waals surface area (Å²) < 4.78 is 5.01. The maximum Gasteiger partial charge on any atom is 0.317 e. The first-order valence-corrected chi connectivity index (χ1v) is 6.04. The zero-order valence-corrected chi connectivity index (χ0v) is 11.0. The highest BCUT2D eigenvalue weighted by atomic mass is 16.5. The first kappa shape index (κ1) is 14.4. The predicted molar refractivity (Wildman–Crippen MR) is 65.0 cm³/mol. The van der Waals surface area contributed by atoms with Gasteiger partial charge in [0.25, 0.3) is 0 Å². The number of nitrogens with zero attached hydrogens (tertiary/aromatic N) is 3. The van der Waals surface area contributed by atoms with Crippen LogP contribution in [0.15, 0.2) is 4.52 Å². The Morgan fingerprint density at radius 3 is 2.78 bits per heavy atom. The predicted octanol–water partition coefficient (Wildman–Crippen LogP) is 0.717. The van der Waals surface area contributed by atoms with E-state index in [1.807, 2.05) is 20.8 Å². The molecule has 0 spiro atoms. The van der Waals surface area contributed by atoms with Crippen LogP contribution in [0, 0.1) is 0 Å². The van der Waals surface area contributed by atoms with E-state index in [2.05, 4.69) is 15.5 Å². The molecule has 7 nitrogen and oxygen atoms in total. The maximum absolute atomic E-state index is 11.7. The molecule has 1 aromatic rings. The normalized spacial score (nSPS) is 10.7. The van der Waals surface area contributed by atoms with Gasteiger partial charge >= 0.3 is 6.03 Å². The van der Waals surface area contributed by atoms with Gasteiger partial charge in [-0.25, -0.2) is 4.79 Å². The lowest BCUT2D eigenvalue weighted by Crippen LogP contribution is -2.41. The van der Waals surface area contributed by atoms with E-state index in [1.165, 1.54) is 4.90 Å². The lowest BCUT2D eigenvalue weighted by Gasteiger charge is -2.19. The summed E-state index contributed by atoms with van der Waals surface area (Å²) in [5, 5.41) is 15.3. The van der Waals surface area contributed by atoms with Gasteiger partial charge in [0, 0.05) is 19.0 Å². The fraction of sp³-hybridized carbons (Fsp3) is 0.727. The number of likely N-dealkylation sites (N-methyl/N-ethyl adjacent to an activating group) is 1. The van der Waals surface area contributed by atoms with Crippen LogP contribution in [0.1, 0.15) is 38.4 Å². The number of carbonyl (C=O) groups excluding carboxylic acids is 1. The van der Waals surface area contributed by atoms with E-state index in [4.69, 9.17) is 9.63 Å². The van der Waals surface area contributed by atoms with E-state index in [0.717, 1.165) is 0 Å². The maximum atomic E-state index is 11.7. The number of aliphatic hydroxyl groups is 1. The molecule has 18 heavy (non-hydrogen) atoms. The van der Waals surface area contributed by atoms with Crippen molar-refractivity contribution in [2.45, 2.75) is 33.2 Å². The van der Waals surface area contributed by atoms with Gasteiger partial charge in [0.05, 0.1) is 13.2 Å². The Balaban J connectivity index is 2.46. The average molecular weight is 256 g/mol. The quantitative estimate of drug-likeness (QED) is 0.782. The van der Waals surface area contributed by atoms with E-state index in [9.17, 15) is 4.79 Å². The number of hydrogen-bond acceptors (Lipinski definition) is 5. The Morgan fingerprint density at radius 1 is 1.56 bits per heavy atom. The van der Waals surface area contributed by atoms with Crippen molar-refractivity contribution in [1.29, 1.82) is 0 Å². The second-order valence-corrected chi connectivity index (χ2v) is 4.16. The molecule has 0 aromatic carbocycles. The van der Waals surface area contributed by atoms with Gasteiger partial charge in [0.15, 0.2) is 5.82 Å². The summed E-state index contributed by atoms with van der Waals surface area (Å²) in [5.41, 5.74) is 0. The van der Waals surface area contributed by atoms with Gasteiger partial charge in [-0.15, -0.1) is 0 Å². The van der Waals surface area contributed by atoms with Crippen molar-refractivity contribution in [2.24, 2.45) is 0 Å². The summed E-state index contributed by atoms with van der Waals surface area (Å²) >= 11 is 0. The van der Waals surface area contributed by atoms with Gasteiger partial charge in [-0.2, -0.15) is 4.98 Å². The van der Waals surface area contributed by atoms with Crippen LogP contribution >= 0.6 is 0 Å². The monoisotopic (exact) mass is 256 g/mol. The van der Waals surface area contributed by atoms with Crippen LogP contribution in [0.3, 0.4) is 0 Å². The van der Waals surface area contributed by atoms with Crippen molar-refractivity contribution >= 4 is 6.03 Å². The fourth-order valence-electron chi connectivity index (χ4n) is 1.36. The number of hydrogen-bond donors (Lipinski definition) is 2. The number of rotatable bonds is 6. The molecular weight excluding hydrogens is 236 g/mol. The SMILES string of the molecule is CCN(CCO)C(=O)NCc1nc(C(C)C)no1. The molecule has 1 rings (SSSR count). The first-order chi connectivity index (χ1) is 8.58. The van der Waals surface area contributed by atoms with Crippen molar-refractivity contribution in [3.8, 4) is 0 Å². The Kier molecular flexibility index (Phi) is 5.57. The molecule has 7 heteroatoms. The lowest BCUT2D eigenvalue weighted by molar-refractivity contribution is 0.179. The summed E-state index contributed by atoms with van der Waals surface area (Å²) in [4.78, 5) is 17.3. The van der Waals surface area contributed by atoms with Gasteiger partial charge in [0.2, 0.25) is 5.89 Å². The highest BCUT2D eigenvalue weighted by molar-refractivity contribution is 5.73. The van der Waals surface area contributed by atoms with E-state index < -0.39 is 0 Å². The molecule has 0 saturated carbocycles. The third kappa shape index (κ3) is 3.99. The first-order valence-electron chi connectivity index (χ1n) is 6.04. The molecule has 0 aliphatic rings. The topological polar surface area (TPSA) is 91.5 Å². The van der Waals surface area contributed by atoms with Gasteiger partial charge < -0.3 is 19.8 Å². The summed E-state index contributed by atoms with van der Waals surface area (Å²) in [5.74, 6) is 1.20. The van der Waals surface area contributed by atoms with Crippen molar-refractivity contribution in [3.05, 3.63) is 11.7 Å². The summed E-state index contributed by atoms with van der Waals surface area (Å²) in [6.07, 6.45) is 0. The molecule has 0 aliphatic carbocycles. The minimum Gasteiger partial charge on any atom is -0.395 e. The number of nitrogens with one attached hydrogen (secondary N) is 1. The number of aromatic nitrogens is 2. The lowest BCUT2D eigenvalue weighted by atomic mass is 10.2. The van der Waals surface area contributed by atoms with E-state index in [-0.39, 0.29) is 25.1 Å². The van der Waals surface area contributed by atoms with Crippen molar-refractivity contribution in [2.75, 3.05) is 19.7 Å². The van der Waals surface area contributed by atoms with Crippen molar-refractivity contribution < 1.29 is 14.4 Å². The smallest absolute Gasteiger partial charge is 0.317 e. The number of aliphatic hydroxyl groups excluding tert-OH is 1. The Hall–Kier alpha value is -1.63. The minimum absolute atomic E-state index is 0.0562. The number of urea groups is 1. The Morgan fingerprint density at radius 2 is 2.28 bits per heavy atom. The number of carbonyl (C=O) groups is 1. The molecule has 0 atom stereocenters. The van der Waals surface area contributed by atoms with Crippen LogP contribution in [-0.4, -0.2) is 45.9 Å². The Bertz CT molecular complexity index is 378. The van der Waals surface area contributed by atoms with Gasteiger partial charge in [0.1, 0.15) is 0 Å². The average Bonchev–Trinajstić information content (AvgIpc) is 2.82. The van der Waals surface area contributed by atoms with Crippen LogP contribution in [0.25, 0.3) is 0 Å². The van der Waals surface area contributed by atoms with Crippen LogP contribution in [0.2, 0.25) is 0 Å². The molecule has 0 bridgehead atoms. The molecule has 2 amide bonds. The molecular formula is C11H20N4O3. The Labute approximate surface area is 106 Å². The molecule has 102 valence electrons. The fourth-order valence-corrected chi connectivity index (χ4v) is 1.36. The summed E-state index contributed by atoms with van der Waals surface area (Å²) in [6.45, 7) is 6.76.